The Hall–Kier alpha value is -0.740. The van der Waals surface area contributed by atoms with Gasteiger partial charge in [0.05, 0.1) is 14.2 Å². The molecule has 0 saturated heterocycles. The Labute approximate surface area is 136 Å². The van der Waals surface area contributed by atoms with Gasteiger partial charge in [-0.2, -0.15) is 0 Å². The fourth-order valence-electron chi connectivity index (χ4n) is 3.12. The van der Waals surface area contributed by atoms with Crippen LogP contribution in [0.1, 0.15) is 38.2 Å². The zero-order chi connectivity index (χ0) is 15.2. The van der Waals surface area contributed by atoms with Crippen LogP contribution in [0.4, 0.5) is 0 Å². The first-order chi connectivity index (χ1) is 10.2. The number of halogens is 1. The van der Waals surface area contributed by atoms with E-state index in [-0.39, 0.29) is 0 Å². The number of methoxy groups -OCH3 is 2. The van der Waals surface area contributed by atoms with Crippen LogP contribution >= 0.6 is 15.9 Å². The van der Waals surface area contributed by atoms with Crippen LogP contribution in [0, 0.1) is 11.8 Å². The molecular weight excluding hydrogens is 330 g/mol. The molecule has 4 heteroatoms. The van der Waals surface area contributed by atoms with Gasteiger partial charge in [0.1, 0.15) is 0 Å². The van der Waals surface area contributed by atoms with Crippen molar-refractivity contribution in [3.8, 4) is 11.5 Å². The predicted molar refractivity (Wildman–Crippen MR) is 90.1 cm³/mol. The Morgan fingerprint density at radius 1 is 1.14 bits per heavy atom. The standard InChI is InChI=1S/C17H26BrNO2/c1-12-6-4-5-7-13(12)10-19-11-14-8-16(20-2)17(21-3)9-15(14)18/h8-9,12-13,19H,4-7,10-11H2,1-3H3. The minimum Gasteiger partial charge on any atom is -0.493 e. The molecule has 2 rings (SSSR count). The Morgan fingerprint density at radius 2 is 1.81 bits per heavy atom. The molecule has 1 aliphatic rings. The maximum Gasteiger partial charge on any atom is 0.161 e. The highest BCUT2D eigenvalue weighted by Gasteiger charge is 2.20. The van der Waals surface area contributed by atoms with Gasteiger partial charge in [0.2, 0.25) is 0 Å². The summed E-state index contributed by atoms with van der Waals surface area (Å²) in [6.45, 7) is 4.34. The first-order valence-electron chi connectivity index (χ1n) is 7.76. The van der Waals surface area contributed by atoms with Crippen LogP contribution in [0.15, 0.2) is 16.6 Å². The molecule has 1 saturated carbocycles. The molecule has 21 heavy (non-hydrogen) atoms. The second-order valence-corrected chi connectivity index (χ2v) is 6.81. The minimum atomic E-state index is 0.758. The van der Waals surface area contributed by atoms with Crippen molar-refractivity contribution in [2.24, 2.45) is 11.8 Å². The van der Waals surface area contributed by atoms with Crippen molar-refractivity contribution in [2.45, 2.75) is 39.2 Å². The molecule has 0 bridgehead atoms. The Morgan fingerprint density at radius 3 is 2.48 bits per heavy atom. The SMILES string of the molecule is COc1cc(Br)c(CNCC2CCCCC2C)cc1OC. The zero-order valence-corrected chi connectivity index (χ0v) is 14.8. The second-order valence-electron chi connectivity index (χ2n) is 5.95. The van der Waals surface area contributed by atoms with Crippen LogP contribution in [0.25, 0.3) is 0 Å². The van der Waals surface area contributed by atoms with Gasteiger partial charge < -0.3 is 14.8 Å². The molecule has 1 aliphatic carbocycles. The molecule has 2 atom stereocenters. The molecule has 1 fully saturated rings. The van der Waals surface area contributed by atoms with Gasteiger partial charge in [-0.3, -0.25) is 0 Å². The van der Waals surface area contributed by atoms with Gasteiger partial charge in [0.15, 0.2) is 11.5 Å². The molecule has 0 aliphatic heterocycles. The van der Waals surface area contributed by atoms with Gasteiger partial charge >= 0.3 is 0 Å². The van der Waals surface area contributed by atoms with E-state index in [4.69, 9.17) is 9.47 Å². The first kappa shape index (κ1) is 16.6. The third-order valence-corrected chi connectivity index (χ3v) is 5.30. The fourth-order valence-corrected chi connectivity index (χ4v) is 3.58. The van der Waals surface area contributed by atoms with Crippen LogP contribution in [-0.4, -0.2) is 20.8 Å². The van der Waals surface area contributed by atoms with Crippen molar-refractivity contribution in [1.29, 1.82) is 0 Å². The minimum absolute atomic E-state index is 0.758. The quantitative estimate of drug-likeness (QED) is 0.820. The van der Waals surface area contributed by atoms with E-state index in [1.807, 2.05) is 12.1 Å². The molecule has 0 spiro atoms. The molecule has 0 aromatic heterocycles. The van der Waals surface area contributed by atoms with E-state index in [0.717, 1.165) is 40.9 Å². The molecule has 0 heterocycles. The summed E-state index contributed by atoms with van der Waals surface area (Å²) in [7, 11) is 3.33. The molecule has 1 aromatic carbocycles. The molecular formula is C17H26BrNO2. The van der Waals surface area contributed by atoms with Gasteiger partial charge in [0.25, 0.3) is 0 Å². The van der Waals surface area contributed by atoms with Gasteiger partial charge in [-0.15, -0.1) is 0 Å². The van der Waals surface area contributed by atoms with Crippen molar-refractivity contribution in [3.63, 3.8) is 0 Å². The average Bonchev–Trinajstić information content (AvgIpc) is 2.50. The summed E-state index contributed by atoms with van der Waals surface area (Å²) in [4.78, 5) is 0. The summed E-state index contributed by atoms with van der Waals surface area (Å²) in [6, 6.07) is 4.01. The van der Waals surface area contributed by atoms with Crippen molar-refractivity contribution in [1.82, 2.24) is 5.32 Å². The third-order valence-electron chi connectivity index (χ3n) is 4.56. The molecule has 118 valence electrons. The van der Waals surface area contributed by atoms with E-state index >= 15 is 0 Å². The number of hydrogen-bond acceptors (Lipinski definition) is 3. The summed E-state index contributed by atoms with van der Waals surface area (Å²) >= 11 is 3.61. The van der Waals surface area contributed by atoms with E-state index < -0.39 is 0 Å². The highest BCUT2D eigenvalue weighted by atomic mass is 79.9. The number of nitrogens with one attached hydrogen (secondary N) is 1. The second kappa shape index (κ2) is 8.04. The smallest absolute Gasteiger partial charge is 0.161 e. The summed E-state index contributed by atoms with van der Waals surface area (Å²) in [6.07, 6.45) is 5.53. The summed E-state index contributed by atoms with van der Waals surface area (Å²) in [5.41, 5.74) is 1.20. The lowest BCUT2D eigenvalue weighted by molar-refractivity contribution is 0.247. The van der Waals surface area contributed by atoms with Crippen LogP contribution in [0.5, 0.6) is 11.5 Å². The van der Waals surface area contributed by atoms with Crippen molar-refractivity contribution in [3.05, 3.63) is 22.2 Å². The van der Waals surface area contributed by atoms with E-state index in [1.165, 1.54) is 31.2 Å². The molecule has 2 unspecified atom stereocenters. The highest BCUT2D eigenvalue weighted by molar-refractivity contribution is 9.10. The number of benzene rings is 1. The Kier molecular flexibility index (Phi) is 6.37. The highest BCUT2D eigenvalue weighted by Crippen LogP contribution is 2.33. The lowest BCUT2D eigenvalue weighted by Crippen LogP contribution is -2.29. The van der Waals surface area contributed by atoms with Crippen molar-refractivity contribution >= 4 is 15.9 Å². The molecule has 3 nitrogen and oxygen atoms in total. The van der Waals surface area contributed by atoms with E-state index in [1.54, 1.807) is 14.2 Å². The molecule has 1 N–H and O–H groups in total. The lowest BCUT2D eigenvalue weighted by Gasteiger charge is -2.29. The van der Waals surface area contributed by atoms with Gasteiger partial charge in [-0.25, -0.2) is 0 Å². The number of hydrogen-bond donors (Lipinski definition) is 1. The fraction of sp³-hybridized carbons (Fsp3) is 0.647. The third kappa shape index (κ3) is 4.36. The van der Waals surface area contributed by atoms with Crippen molar-refractivity contribution < 1.29 is 9.47 Å². The summed E-state index contributed by atoms with van der Waals surface area (Å²) < 4.78 is 11.7. The molecule has 0 amide bonds. The normalized spacial score (nSPS) is 22.1. The zero-order valence-electron chi connectivity index (χ0n) is 13.2. The molecule has 0 radical (unpaired) electrons. The van der Waals surface area contributed by atoms with Crippen LogP contribution in [0.3, 0.4) is 0 Å². The van der Waals surface area contributed by atoms with E-state index in [9.17, 15) is 0 Å². The number of rotatable bonds is 6. The average molecular weight is 356 g/mol. The van der Waals surface area contributed by atoms with Crippen LogP contribution < -0.4 is 14.8 Å². The van der Waals surface area contributed by atoms with Gasteiger partial charge in [0, 0.05) is 11.0 Å². The predicted octanol–water partition coefficient (Wildman–Crippen LogP) is 4.38. The Bertz CT molecular complexity index is 464. The molecule has 1 aromatic rings. The number of ether oxygens (including phenoxy) is 2. The maximum atomic E-state index is 5.37. The van der Waals surface area contributed by atoms with Gasteiger partial charge in [-0.05, 0) is 42.5 Å². The first-order valence-corrected chi connectivity index (χ1v) is 8.56. The topological polar surface area (TPSA) is 30.5 Å². The van der Waals surface area contributed by atoms with E-state index in [0.29, 0.717) is 0 Å². The van der Waals surface area contributed by atoms with Crippen molar-refractivity contribution in [2.75, 3.05) is 20.8 Å². The maximum absolute atomic E-state index is 5.37. The van der Waals surface area contributed by atoms with E-state index in [2.05, 4.69) is 28.2 Å². The van der Waals surface area contributed by atoms with Crippen LogP contribution in [0.2, 0.25) is 0 Å². The largest absolute Gasteiger partial charge is 0.493 e. The van der Waals surface area contributed by atoms with Gasteiger partial charge in [-0.1, -0.05) is 42.1 Å². The lowest BCUT2D eigenvalue weighted by atomic mass is 9.80. The summed E-state index contributed by atoms with van der Waals surface area (Å²) in [5.74, 6) is 3.20. The summed E-state index contributed by atoms with van der Waals surface area (Å²) in [5, 5.41) is 3.61. The Balaban J connectivity index is 1.93. The van der Waals surface area contributed by atoms with Crippen LogP contribution in [-0.2, 0) is 6.54 Å². The monoisotopic (exact) mass is 355 g/mol.